The van der Waals surface area contributed by atoms with Crippen LogP contribution in [-0.4, -0.2) is 28.5 Å². The lowest BCUT2D eigenvalue weighted by Crippen LogP contribution is -2.47. The van der Waals surface area contributed by atoms with Crippen molar-refractivity contribution in [2.24, 2.45) is 0 Å². The summed E-state index contributed by atoms with van der Waals surface area (Å²) in [6.07, 6.45) is 0.263. The summed E-state index contributed by atoms with van der Waals surface area (Å²) in [5, 5.41) is 12.1. The lowest BCUT2D eigenvalue weighted by Gasteiger charge is -2.33. The smallest absolute Gasteiger partial charge is 0.404 e. The monoisotopic (exact) mass is 400 g/mol. The Hall–Kier alpha value is -2.34. The van der Waals surface area contributed by atoms with Crippen molar-refractivity contribution < 1.29 is 14.7 Å². The largest absolute Gasteiger partial charge is 0.465 e. The van der Waals surface area contributed by atoms with Crippen molar-refractivity contribution in [3.63, 3.8) is 0 Å². The molecule has 0 bridgehead atoms. The molecule has 0 fully saturated rings. The van der Waals surface area contributed by atoms with Crippen molar-refractivity contribution in [1.82, 2.24) is 5.32 Å². The van der Waals surface area contributed by atoms with E-state index in [1.807, 2.05) is 36.4 Å². The molecule has 2 aromatic rings. The normalized spacial score (nSPS) is 20.4. The van der Waals surface area contributed by atoms with Crippen LogP contribution in [0.4, 0.5) is 10.5 Å². The van der Waals surface area contributed by atoms with Gasteiger partial charge in [-0.15, -0.1) is 0 Å². The molecule has 0 radical (unpaired) electrons. The van der Waals surface area contributed by atoms with Gasteiger partial charge in [-0.05, 0) is 41.2 Å². The zero-order valence-electron chi connectivity index (χ0n) is 13.4. The molecular formula is C19H17BrN2O3. The molecule has 2 amide bonds. The second-order valence-electron chi connectivity index (χ2n) is 6.40. The van der Waals surface area contributed by atoms with Crippen molar-refractivity contribution in [2.45, 2.75) is 24.9 Å². The van der Waals surface area contributed by atoms with Gasteiger partial charge in [-0.2, -0.15) is 0 Å². The minimum Gasteiger partial charge on any atom is -0.465 e. The molecule has 2 unspecified atom stereocenters. The molecule has 2 aliphatic rings. The fraction of sp³-hybridized carbons (Fsp3) is 0.263. The molecule has 2 aromatic carbocycles. The number of carbonyl (C=O) groups excluding carboxylic acids is 1. The SMILES string of the molecule is O=C(O)NC1Cc2cccc3c2C1N(C(=O)CBr)c1ccccc1C3. The van der Waals surface area contributed by atoms with E-state index in [2.05, 4.69) is 27.3 Å². The number of amides is 2. The van der Waals surface area contributed by atoms with Crippen molar-refractivity contribution in [3.8, 4) is 0 Å². The third kappa shape index (κ3) is 2.61. The molecule has 1 heterocycles. The number of hydrogen-bond donors (Lipinski definition) is 2. The standard InChI is InChI=1S/C19H17BrN2O3/c20-10-16(23)22-15-7-2-1-4-11(15)8-12-5-3-6-13-9-14(21-19(24)25)18(22)17(12)13/h1-7,14,18,21H,8-10H2,(H,24,25). The molecule has 2 atom stereocenters. The molecule has 0 aromatic heterocycles. The first-order valence-corrected chi connectivity index (χ1v) is 9.28. The van der Waals surface area contributed by atoms with E-state index in [-0.39, 0.29) is 23.3 Å². The number of para-hydroxylation sites is 1. The number of rotatable bonds is 2. The fourth-order valence-electron chi connectivity index (χ4n) is 4.13. The van der Waals surface area contributed by atoms with Crippen molar-refractivity contribution in [2.75, 3.05) is 10.2 Å². The van der Waals surface area contributed by atoms with Gasteiger partial charge in [0.15, 0.2) is 0 Å². The molecular weight excluding hydrogens is 384 g/mol. The molecule has 6 heteroatoms. The molecule has 5 nitrogen and oxygen atoms in total. The fourth-order valence-corrected chi connectivity index (χ4v) is 4.40. The van der Waals surface area contributed by atoms with E-state index in [1.54, 1.807) is 4.90 Å². The van der Waals surface area contributed by atoms with Crippen LogP contribution in [-0.2, 0) is 17.6 Å². The zero-order valence-corrected chi connectivity index (χ0v) is 15.0. The van der Waals surface area contributed by atoms with Gasteiger partial charge in [0.25, 0.3) is 0 Å². The Kier molecular flexibility index (Phi) is 4.00. The lowest BCUT2D eigenvalue weighted by atomic mass is 9.97. The minimum absolute atomic E-state index is 0.0702. The predicted molar refractivity (Wildman–Crippen MR) is 98.4 cm³/mol. The number of nitrogens with zero attached hydrogens (tertiary/aromatic N) is 1. The highest BCUT2D eigenvalue weighted by molar-refractivity contribution is 9.09. The highest BCUT2D eigenvalue weighted by Crippen LogP contribution is 2.45. The topological polar surface area (TPSA) is 69.6 Å². The van der Waals surface area contributed by atoms with E-state index < -0.39 is 6.09 Å². The summed E-state index contributed by atoms with van der Waals surface area (Å²) in [7, 11) is 0. The van der Waals surface area contributed by atoms with Gasteiger partial charge in [-0.25, -0.2) is 4.79 Å². The maximum absolute atomic E-state index is 12.8. The number of nitrogens with one attached hydrogen (secondary N) is 1. The lowest BCUT2D eigenvalue weighted by molar-refractivity contribution is -0.116. The second-order valence-corrected chi connectivity index (χ2v) is 6.96. The molecule has 0 saturated heterocycles. The number of hydrogen-bond acceptors (Lipinski definition) is 2. The van der Waals surface area contributed by atoms with E-state index in [1.165, 1.54) is 0 Å². The number of halogens is 1. The maximum Gasteiger partial charge on any atom is 0.404 e. The molecule has 0 spiro atoms. The van der Waals surface area contributed by atoms with Crippen LogP contribution in [0.1, 0.15) is 28.3 Å². The van der Waals surface area contributed by atoms with E-state index in [4.69, 9.17) is 0 Å². The van der Waals surface area contributed by atoms with E-state index >= 15 is 0 Å². The first kappa shape index (κ1) is 16.1. The summed E-state index contributed by atoms with van der Waals surface area (Å²) in [6, 6.07) is 13.3. The van der Waals surface area contributed by atoms with Crippen molar-refractivity contribution in [3.05, 3.63) is 64.7 Å². The Morgan fingerprint density at radius 1 is 1.12 bits per heavy atom. The van der Waals surface area contributed by atoms with Crippen LogP contribution < -0.4 is 10.2 Å². The predicted octanol–water partition coefficient (Wildman–Crippen LogP) is 3.25. The highest BCUT2D eigenvalue weighted by Gasteiger charge is 2.43. The summed E-state index contributed by atoms with van der Waals surface area (Å²) < 4.78 is 0. The first-order valence-electron chi connectivity index (χ1n) is 8.16. The van der Waals surface area contributed by atoms with Gasteiger partial charge in [0.2, 0.25) is 5.91 Å². The van der Waals surface area contributed by atoms with Gasteiger partial charge in [0, 0.05) is 5.69 Å². The number of benzene rings is 2. The van der Waals surface area contributed by atoms with Crippen molar-refractivity contribution in [1.29, 1.82) is 0 Å². The molecule has 1 aliphatic heterocycles. The Morgan fingerprint density at radius 3 is 2.60 bits per heavy atom. The van der Waals surface area contributed by atoms with Crippen molar-refractivity contribution >= 4 is 33.6 Å². The maximum atomic E-state index is 12.8. The third-order valence-corrected chi connectivity index (χ3v) is 5.49. The summed E-state index contributed by atoms with van der Waals surface area (Å²) in [6.45, 7) is 0. The average Bonchev–Trinajstić information content (AvgIpc) is 2.86. The van der Waals surface area contributed by atoms with Gasteiger partial charge in [-0.3, -0.25) is 4.79 Å². The van der Waals surface area contributed by atoms with E-state index in [0.717, 1.165) is 34.4 Å². The Labute approximate surface area is 153 Å². The molecule has 2 N–H and O–H groups in total. The number of fused-ring (bicyclic) bond motifs is 1. The third-order valence-electron chi connectivity index (χ3n) is 5.01. The first-order chi connectivity index (χ1) is 12.1. The Morgan fingerprint density at radius 2 is 1.84 bits per heavy atom. The second kappa shape index (κ2) is 6.19. The van der Waals surface area contributed by atoms with Gasteiger partial charge < -0.3 is 15.3 Å². The van der Waals surface area contributed by atoms with Crippen LogP contribution >= 0.6 is 15.9 Å². The van der Waals surface area contributed by atoms with Gasteiger partial charge in [-0.1, -0.05) is 52.3 Å². The molecule has 4 rings (SSSR count). The number of carbonyl (C=O) groups is 2. The molecule has 25 heavy (non-hydrogen) atoms. The summed E-state index contributed by atoms with van der Waals surface area (Å²) in [5.41, 5.74) is 5.30. The zero-order chi connectivity index (χ0) is 17.6. The van der Waals surface area contributed by atoms with Crippen LogP contribution in [0.2, 0.25) is 0 Å². The van der Waals surface area contributed by atoms with Gasteiger partial charge in [0.05, 0.1) is 17.4 Å². The van der Waals surface area contributed by atoms with E-state index in [0.29, 0.717) is 6.42 Å². The van der Waals surface area contributed by atoms with Gasteiger partial charge >= 0.3 is 6.09 Å². The van der Waals surface area contributed by atoms with Crippen LogP contribution in [0.15, 0.2) is 42.5 Å². The van der Waals surface area contributed by atoms with Crippen LogP contribution in [0.25, 0.3) is 0 Å². The van der Waals surface area contributed by atoms with Gasteiger partial charge in [0.1, 0.15) is 0 Å². The van der Waals surface area contributed by atoms with Crippen LogP contribution in [0.3, 0.4) is 0 Å². The quantitative estimate of drug-likeness (QED) is 0.760. The minimum atomic E-state index is -1.07. The Bertz CT molecular complexity index is 867. The number of carboxylic acid groups (broad SMARTS) is 1. The molecule has 0 saturated carbocycles. The summed E-state index contributed by atoms with van der Waals surface area (Å²) in [5.74, 6) is -0.0702. The molecule has 128 valence electrons. The van der Waals surface area contributed by atoms with E-state index in [9.17, 15) is 14.7 Å². The summed E-state index contributed by atoms with van der Waals surface area (Å²) >= 11 is 3.28. The summed E-state index contributed by atoms with van der Waals surface area (Å²) in [4.78, 5) is 25.9. The average molecular weight is 401 g/mol. The number of alkyl halides is 1. The molecule has 1 aliphatic carbocycles. The number of anilines is 1. The highest BCUT2D eigenvalue weighted by atomic mass is 79.9. The van der Waals surface area contributed by atoms with Crippen LogP contribution in [0, 0.1) is 0 Å². The Balaban J connectivity index is 1.95. The van der Waals surface area contributed by atoms with Crippen LogP contribution in [0.5, 0.6) is 0 Å².